The van der Waals surface area contributed by atoms with Crippen molar-refractivity contribution in [1.82, 2.24) is 29.6 Å². The standard InChI is InChI=1S/C31H41FN6O3/c1-21(2)35(3)30(39)26-18-23(32)4-5-28(26)38-20-27(25-6-11-33-19-29(25)38)22-7-12-36(13-8-22)16-17-37-14-9-24(10-15-37)34-31(40)41/h4-6,11,18-22,24,34H,7-10,12-17H2,1-3H3,(H,40,41). The number of hydrogen-bond donors (Lipinski definition) is 2. The van der Waals surface area contributed by atoms with Crippen molar-refractivity contribution in [2.24, 2.45) is 0 Å². The van der Waals surface area contributed by atoms with Crippen LogP contribution < -0.4 is 5.32 Å². The van der Waals surface area contributed by atoms with Crippen LogP contribution in [0.3, 0.4) is 0 Å². The molecule has 0 unspecified atom stereocenters. The van der Waals surface area contributed by atoms with Gasteiger partial charge in [0.2, 0.25) is 0 Å². The molecule has 2 aliphatic heterocycles. The number of benzene rings is 1. The molecule has 5 rings (SSSR count). The van der Waals surface area contributed by atoms with Gasteiger partial charge >= 0.3 is 6.09 Å². The molecule has 0 aliphatic carbocycles. The lowest BCUT2D eigenvalue weighted by Gasteiger charge is -2.36. The van der Waals surface area contributed by atoms with Crippen molar-refractivity contribution < 1.29 is 19.1 Å². The Hall–Kier alpha value is -3.50. The van der Waals surface area contributed by atoms with E-state index >= 15 is 0 Å². The first-order chi connectivity index (χ1) is 19.7. The molecule has 2 saturated heterocycles. The van der Waals surface area contributed by atoms with Crippen LogP contribution in [0.4, 0.5) is 9.18 Å². The number of rotatable bonds is 8. The van der Waals surface area contributed by atoms with Gasteiger partial charge in [0.1, 0.15) is 5.82 Å². The van der Waals surface area contributed by atoms with Crippen LogP contribution in [0.25, 0.3) is 16.6 Å². The Morgan fingerprint density at radius 3 is 2.37 bits per heavy atom. The van der Waals surface area contributed by atoms with E-state index in [1.54, 1.807) is 18.0 Å². The lowest BCUT2D eigenvalue weighted by Crippen LogP contribution is -2.46. The van der Waals surface area contributed by atoms with Crippen LogP contribution in [0.15, 0.2) is 42.9 Å². The number of likely N-dealkylation sites (tertiary alicyclic amines) is 2. The number of pyridine rings is 1. The molecule has 220 valence electrons. The van der Waals surface area contributed by atoms with Gasteiger partial charge in [-0.2, -0.15) is 0 Å². The molecule has 2 aromatic heterocycles. The molecule has 9 nitrogen and oxygen atoms in total. The maximum Gasteiger partial charge on any atom is 0.404 e. The van der Waals surface area contributed by atoms with Gasteiger partial charge in [-0.3, -0.25) is 9.78 Å². The third kappa shape index (κ3) is 6.54. The summed E-state index contributed by atoms with van der Waals surface area (Å²) in [5, 5.41) is 12.7. The number of carbonyl (C=O) groups is 2. The highest BCUT2D eigenvalue weighted by Crippen LogP contribution is 2.36. The van der Waals surface area contributed by atoms with Crippen LogP contribution >= 0.6 is 0 Å². The molecule has 2 N–H and O–H groups in total. The number of carboxylic acid groups (broad SMARTS) is 1. The molecule has 0 atom stereocenters. The fraction of sp³-hybridized carbons (Fsp3) is 0.516. The van der Waals surface area contributed by atoms with Crippen LogP contribution in [0.1, 0.15) is 61.4 Å². The minimum Gasteiger partial charge on any atom is -0.465 e. The fourth-order valence-electron chi connectivity index (χ4n) is 6.17. The molecule has 1 aromatic carbocycles. The highest BCUT2D eigenvalue weighted by molar-refractivity contribution is 5.99. The summed E-state index contributed by atoms with van der Waals surface area (Å²) in [7, 11) is 1.74. The van der Waals surface area contributed by atoms with E-state index in [9.17, 15) is 14.0 Å². The van der Waals surface area contributed by atoms with Crippen molar-refractivity contribution in [3.63, 3.8) is 0 Å². The summed E-state index contributed by atoms with van der Waals surface area (Å²) in [6, 6.07) is 6.53. The topological polar surface area (TPSA) is 93.9 Å². The average molecular weight is 565 g/mol. The first-order valence-electron chi connectivity index (χ1n) is 14.7. The summed E-state index contributed by atoms with van der Waals surface area (Å²) in [6.07, 6.45) is 8.63. The summed E-state index contributed by atoms with van der Waals surface area (Å²) in [6.45, 7) is 9.78. The highest BCUT2D eigenvalue weighted by atomic mass is 19.1. The first-order valence-corrected chi connectivity index (χ1v) is 14.7. The fourth-order valence-corrected chi connectivity index (χ4v) is 6.17. The Labute approximate surface area is 240 Å². The van der Waals surface area contributed by atoms with Crippen LogP contribution in [-0.2, 0) is 0 Å². The number of fused-ring (bicyclic) bond motifs is 1. The zero-order valence-electron chi connectivity index (χ0n) is 24.2. The van der Waals surface area contributed by atoms with Gasteiger partial charge in [-0.15, -0.1) is 0 Å². The minimum absolute atomic E-state index is 0.0109. The first kappa shape index (κ1) is 29.0. The summed E-state index contributed by atoms with van der Waals surface area (Å²) in [4.78, 5) is 35.2. The van der Waals surface area contributed by atoms with Crippen molar-refractivity contribution >= 4 is 22.9 Å². The second-order valence-electron chi connectivity index (χ2n) is 11.7. The molecule has 41 heavy (non-hydrogen) atoms. The Bertz CT molecular complexity index is 1380. The number of halogens is 1. The maximum atomic E-state index is 14.4. The van der Waals surface area contributed by atoms with E-state index in [1.807, 2.05) is 36.9 Å². The van der Waals surface area contributed by atoms with Crippen LogP contribution in [0, 0.1) is 5.82 Å². The van der Waals surface area contributed by atoms with E-state index in [2.05, 4.69) is 26.3 Å². The van der Waals surface area contributed by atoms with Gasteiger partial charge in [0.05, 0.1) is 23.0 Å². The lowest BCUT2D eigenvalue weighted by molar-refractivity contribution is 0.0754. The normalized spacial score (nSPS) is 17.8. The van der Waals surface area contributed by atoms with Crippen LogP contribution in [-0.4, -0.2) is 99.8 Å². The number of amides is 2. The number of nitrogens with one attached hydrogen (secondary N) is 1. The van der Waals surface area contributed by atoms with Gasteiger partial charge in [0.25, 0.3) is 5.91 Å². The monoisotopic (exact) mass is 564 g/mol. The third-order valence-corrected chi connectivity index (χ3v) is 8.86. The molecule has 0 spiro atoms. The van der Waals surface area contributed by atoms with Gasteiger partial charge < -0.3 is 29.7 Å². The lowest BCUT2D eigenvalue weighted by atomic mass is 9.89. The van der Waals surface area contributed by atoms with Gasteiger partial charge in [0, 0.05) is 63.1 Å². The molecule has 0 radical (unpaired) electrons. The largest absolute Gasteiger partial charge is 0.465 e. The van der Waals surface area contributed by atoms with Gasteiger partial charge in [0.15, 0.2) is 0 Å². The predicted octanol–water partition coefficient (Wildman–Crippen LogP) is 4.56. The minimum atomic E-state index is -0.934. The molecular formula is C31H41FN6O3. The molecule has 4 heterocycles. The van der Waals surface area contributed by atoms with Crippen LogP contribution in [0.2, 0.25) is 0 Å². The molecule has 2 fully saturated rings. The molecule has 2 aliphatic rings. The van der Waals surface area contributed by atoms with Gasteiger partial charge in [-0.25, -0.2) is 9.18 Å². The second-order valence-corrected chi connectivity index (χ2v) is 11.7. The Morgan fingerprint density at radius 1 is 1.07 bits per heavy atom. The van der Waals surface area contributed by atoms with Crippen molar-refractivity contribution in [3.05, 3.63) is 59.8 Å². The van der Waals surface area contributed by atoms with Crippen molar-refractivity contribution in [1.29, 1.82) is 0 Å². The van der Waals surface area contributed by atoms with E-state index in [4.69, 9.17) is 5.11 Å². The maximum absolute atomic E-state index is 14.4. The van der Waals surface area contributed by atoms with E-state index in [-0.39, 0.29) is 18.0 Å². The zero-order chi connectivity index (χ0) is 29.1. The smallest absolute Gasteiger partial charge is 0.404 e. The average Bonchev–Trinajstić information content (AvgIpc) is 3.35. The Morgan fingerprint density at radius 2 is 1.73 bits per heavy atom. The van der Waals surface area contributed by atoms with E-state index in [1.165, 1.54) is 17.7 Å². The van der Waals surface area contributed by atoms with Gasteiger partial charge in [-0.1, -0.05) is 0 Å². The SMILES string of the molecule is CC(C)N(C)C(=O)c1cc(F)ccc1-n1cc(C2CCN(CCN3CCC(NC(=O)O)CC3)CC2)c2ccncc21. The summed E-state index contributed by atoms with van der Waals surface area (Å²) in [5.41, 5.74) is 3.16. The number of nitrogens with zero attached hydrogens (tertiary/aromatic N) is 5. The van der Waals surface area contributed by atoms with Gasteiger partial charge in [-0.05, 0) is 88.4 Å². The Kier molecular flexibility index (Phi) is 8.89. The van der Waals surface area contributed by atoms with E-state index < -0.39 is 11.9 Å². The van der Waals surface area contributed by atoms with E-state index in [0.29, 0.717) is 17.2 Å². The highest BCUT2D eigenvalue weighted by Gasteiger charge is 2.27. The predicted molar refractivity (Wildman–Crippen MR) is 157 cm³/mol. The molecule has 3 aromatic rings. The van der Waals surface area contributed by atoms with Crippen LogP contribution in [0.5, 0.6) is 0 Å². The summed E-state index contributed by atoms with van der Waals surface area (Å²) >= 11 is 0. The summed E-state index contributed by atoms with van der Waals surface area (Å²) in [5.74, 6) is -0.261. The number of hydrogen-bond acceptors (Lipinski definition) is 5. The molecule has 2 amide bonds. The molecular weight excluding hydrogens is 523 g/mol. The van der Waals surface area contributed by atoms with Crippen molar-refractivity contribution in [2.75, 3.05) is 46.3 Å². The summed E-state index contributed by atoms with van der Waals surface area (Å²) < 4.78 is 16.4. The van der Waals surface area contributed by atoms with Crippen molar-refractivity contribution in [3.8, 4) is 5.69 Å². The number of aromatic nitrogens is 2. The second kappa shape index (κ2) is 12.6. The molecule has 0 saturated carbocycles. The molecule has 0 bridgehead atoms. The Balaban J connectivity index is 1.28. The number of carbonyl (C=O) groups excluding carboxylic acids is 1. The number of piperidine rings is 2. The zero-order valence-corrected chi connectivity index (χ0v) is 24.2. The van der Waals surface area contributed by atoms with Crippen molar-refractivity contribution in [2.45, 2.75) is 57.5 Å². The molecule has 10 heteroatoms. The quantitative estimate of drug-likeness (QED) is 0.417. The van der Waals surface area contributed by atoms with E-state index in [0.717, 1.165) is 75.9 Å². The third-order valence-electron chi connectivity index (χ3n) is 8.86.